The van der Waals surface area contributed by atoms with E-state index in [0.29, 0.717) is 29.4 Å². The van der Waals surface area contributed by atoms with Crippen molar-refractivity contribution in [2.75, 3.05) is 19.5 Å². The third kappa shape index (κ3) is 6.09. The maximum Gasteiger partial charge on any atom is 0.241 e. The molecule has 0 radical (unpaired) electrons. The van der Waals surface area contributed by atoms with Crippen molar-refractivity contribution in [3.8, 4) is 11.5 Å². The van der Waals surface area contributed by atoms with Crippen LogP contribution < -0.4 is 19.5 Å². The van der Waals surface area contributed by atoms with E-state index in [4.69, 9.17) is 13.9 Å². The Balaban J connectivity index is 1.59. The Kier molecular flexibility index (Phi) is 7.32. The Hall–Kier alpha value is -3.30. The summed E-state index contributed by atoms with van der Waals surface area (Å²) in [4.78, 5) is 12.4. The van der Waals surface area contributed by atoms with Crippen LogP contribution >= 0.6 is 0 Å². The summed E-state index contributed by atoms with van der Waals surface area (Å²) in [5.41, 5.74) is 1.32. The zero-order valence-corrected chi connectivity index (χ0v) is 18.1. The summed E-state index contributed by atoms with van der Waals surface area (Å²) < 4.78 is 43.1. The third-order valence-electron chi connectivity index (χ3n) is 4.53. The van der Waals surface area contributed by atoms with E-state index in [1.165, 1.54) is 18.4 Å². The number of rotatable bonds is 10. The number of furan rings is 1. The molecule has 0 atom stereocenters. The SMILES string of the molecule is COc1ccc(CCC(=O)Nc2cccc(S(=O)(=O)NCc3ccco3)c2)cc1OC. The average molecular weight is 445 g/mol. The van der Waals surface area contributed by atoms with Gasteiger partial charge in [-0.3, -0.25) is 4.79 Å². The fraction of sp³-hybridized carbons (Fsp3) is 0.227. The molecule has 2 aromatic carbocycles. The van der Waals surface area contributed by atoms with Crippen molar-refractivity contribution in [3.05, 3.63) is 72.2 Å². The van der Waals surface area contributed by atoms with Crippen molar-refractivity contribution in [1.29, 1.82) is 0 Å². The number of aryl methyl sites for hydroxylation is 1. The lowest BCUT2D eigenvalue weighted by atomic mass is 10.1. The average Bonchev–Trinajstić information content (AvgIpc) is 3.30. The molecule has 3 rings (SSSR count). The van der Waals surface area contributed by atoms with Gasteiger partial charge in [-0.15, -0.1) is 0 Å². The van der Waals surface area contributed by atoms with Crippen molar-refractivity contribution in [3.63, 3.8) is 0 Å². The minimum Gasteiger partial charge on any atom is -0.493 e. The van der Waals surface area contributed by atoms with E-state index in [9.17, 15) is 13.2 Å². The predicted octanol–water partition coefficient (Wildman–Crippen LogP) is 3.35. The van der Waals surface area contributed by atoms with E-state index in [1.54, 1.807) is 44.6 Å². The summed E-state index contributed by atoms with van der Waals surface area (Å²) in [5.74, 6) is 1.49. The maximum atomic E-state index is 12.5. The molecule has 9 heteroatoms. The van der Waals surface area contributed by atoms with Crippen LogP contribution in [0.4, 0.5) is 5.69 Å². The molecule has 0 bridgehead atoms. The lowest BCUT2D eigenvalue weighted by molar-refractivity contribution is -0.116. The van der Waals surface area contributed by atoms with Gasteiger partial charge in [0, 0.05) is 12.1 Å². The second-order valence-corrected chi connectivity index (χ2v) is 8.44. The minimum atomic E-state index is -3.75. The van der Waals surface area contributed by atoms with Crippen molar-refractivity contribution in [2.45, 2.75) is 24.3 Å². The first-order valence-electron chi connectivity index (χ1n) is 9.54. The molecule has 0 saturated carbocycles. The van der Waals surface area contributed by atoms with E-state index in [2.05, 4.69) is 10.0 Å². The van der Waals surface area contributed by atoms with Gasteiger partial charge in [0.2, 0.25) is 15.9 Å². The number of carbonyl (C=O) groups is 1. The Morgan fingerprint density at radius 1 is 1.00 bits per heavy atom. The number of hydrogen-bond acceptors (Lipinski definition) is 6. The molecule has 1 amide bonds. The van der Waals surface area contributed by atoms with Crippen LogP contribution in [0.5, 0.6) is 11.5 Å². The van der Waals surface area contributed by atoms with E-state index >= 15 is 0 Å². The zero-order chi connectivity index (χ0) is 22.3. The van der Waals surface area contributed by atoms with E-state index < -0.39 is 10.0 Å². The molecular formula is C22H24N2O6S. The lowest BCUT2D eigenvalue weighted by Crippen LogP contribution is -2.23. The second kappa shape index (κ2) is 10.1. The van der Waals surface area contributed by atoms with Gasteiger partial charge in [0.05, 0.1) is 31.9 Å². The number of carbonyl (C=O) groups excluding carboxylic acids is 1. The third-order valence-corrected chi connectivity index (χ3v) is 5.93. The van der Waals surface area contributed by atoms with Gasteiger partial charge >= 0.3 is 0 Å². The molecule has 0 aliphatic rings. The number of benzene rings is 2. The topological polar surface area (TPSA) is 107 Å². The fourth-order valence-electron chi connectivity index (χ4n) is 2.92. The Labute approximate surface area is 181 Å². The number of hydrogen-bond donors (Lipinski definition) is 2. The van der Waals surface area contributed by atoms with Crippen LogP contribution in [0, 0.1) is 0 Å². The molecule has 0 spiro atoms. The number of amides is 1. The summed E-state index contributed by atoms with van der Waals surface area (Å²) in [6, 6.07) is 14.9. The van der Waals surface area contributed by atoms with Crippen LogP contribution in [0.2, 0.25) is 0 Å². The van der Waals surface area contributed by atoms with Crippen molar-refractivity contribution < 1.29 is 27.1 Å². The summed E-state index contributed by atoms with van der Waals surface area (Å²) in [7, 11) is -0.636. The van der Waals surface area contributed by atoms with Gasteiger partial charge in [-0.05, 0) is 54.4 Å². The molecule has 164 valence electrons. The Bertz CT molecular complexity index is 1130. The molecule has 0 aliphatic heterocycles. The monoisotopic (exact) mass is 444 g/mol. The van der Waals surface area contributed by atoms with E-state index in [1.807, 2.05) is 12.1 Å². The van der Waals surface area contributed by atoms with Crippen molar-refractivity contribution in [2.24, 2.45) is 0 Å². The summed E-state index contributed by atoms with van der Waals surface area (Å²) in [6.45, 7) is 0.0389. The highest BCUT2D eigenvalue weighted by atomic mass is 32.2. The number of anilines is 1. The van der Waals surface area contributed by atoms with Gasteiger partial charge < -0.3 is 19.2 Å². The van der Waals surface area contributed by atoms with Gasteiger partial charge in [-0.1, -0.05) is 12.1 Å². The smallest absolute Gasteiger partial charge is 0.241 e. The van der Waals surface area contributed by atoms with Gasteiger partial charge in [-0.25, -0.2) is 13.1 Å². The first kappa shape index (κ1) is 22.4. The van der Waals surface area contributed by atoms with E-state index in [0.717, 1.165) is 5.56 Å². The lowest BCUT2D eigenvalue weighted by Gasteiger charge is -2.10. The molecule has 0 aliphatic carbocycles. The largest absolute Gasteiger partial charge is 0.493 e. The molecule has 1 aromatic heterocycles. The number of nitrogens with one attached hydrogen (secondary N) is 2. The summed E-state index contributed by atoms with van der Waals surface area (Å²) in [6.07, 6.45) is 2.19. The first-order chi connectivity index (χ1) is 14.9. The highest BCUT2D eigenvalue weighted by Crippen LogP contribution is 2.28. The van der Waals surface area contributed by atoms with Crippen molar-refractivity contribution >= 4 is 21.6 Å². The second-order valence-electron chi connectivity index (χ2n) is 6.67. The zero-order valence-electron chi connectivity index (χ0n) is 17.3. The van der Waals surface area contributed by atoms with Crippen LogP contribution in [0.1, 0.15) is 17.7 Å². The molecule has 0 saturated heterocycles. The molecule has 0 unspecified atom stereocenters. The Morgan fingerprint density at radius 3 is 2.52 bits per heavy atom. The number of methoxy groups -OCH3 is 2. The number of ether oxygens (including phenoxy) is 2. The molecule has 31 heavy (non-hydrogen) atoms. The molecular weight excluding hydrogens is 420 g/mol. The quantitative estimate of drug-likeness (QED) is 0.497. The normalized spacial score (nSPS) is 11.2. The van der Waals surface area contributed by atoms with Gasteiger partial charge in [0.1, 0.15) is 5.76 Å². The van der Waals surface area contributed by atoms with Crippen molar-refractivity contribution in [1.82, 2.24) is 4.72 Å². The first-order valence-corrected chi connectivity index (χ1v) is 11.0. The highest BCUT2D eigenvalue weighted by molar-refractivity contribution is 7.89. The molecule has 0 fully saturated rings. The van der Waals surface area contributed by atoms with Gasteiger partial charge in [-0.2, -0.15) is 0 Å². The molecule has 8 nitrogen and oxygen atoms in total. The molecule has 3 aromatic rings. The summed E-state index contributed by atoms with van der Waals surface area (Å²) in [5, 5.41) is 2.74. The van der Waals surface area contributed by atoms with Gasteiger partial charge in [0.15, 0.2) is 11.5 Å². The van der Waals surface area contributed by atoms with Gasteiger partial charge in [0.25, 0.3) is 0 Å². The van der Waals surface area contributed by atoms with Crippen LogP contribution in [-0.2, 0) is 27.8 Å². The standard InChI is InChI=1S/C22H24N2O6S/c1-28-20-10-8-16(13-21(20)29-2)9-11-22(25)24-17-5-3-7-19(14-17)31(26,27)23-15-18-6-4-12-30-18/h3-8,10,12-14,23H,9,11,15H2,1-2H3,(H,24,25). The van der Waals surface area contributed by atoms with E-state index in [-0.39, 0.29) is 23.8 Å². The fourth-order valence-corrected chi connectivity index (χ4v) is 3.96. The van der Waals surface area contributed by atoms with Crippen LogP contribution in [0.25, 0.3) is 0 Å². The minimum absolute atomic E-state index is 0.0389. The van der Waals surface area contributed by atoms with Crippen LogP contribution in [0.3, 0.4) is 0 Å². The highest BCUT2D eigenvalue weighted by Gasteiger charge is 2.15. The molecule has 1 heterocycles. The molecule has 2 N–H and O–H groups in total. The maximum absolute atomic E-state index is 12.5. The van der Waals surface area contributed by atoms with Crippen LogP contribution in [0.15, 0.2) is 70.2 Å². The van der Waals surface area contributed by atoms with Crippen LogP contribution in [-0.4, -0.2) is 28.5 Å². The number of sulfonamides is 1. The summed E-state index contributed by atoms with van der Waals surface area (Å²) >= 11 is 0. The Morgan fingerprint density at radius 2 is 1.81 bits per heavy atom. The predicted molar refractivity (Wildman–Crippen MR) is 116 cm³/mol.